The van der Waals surface area contributed by atoms with Crippen LogP contribution in [0, 0.1) is 0 Å². The monoisotopic (exact) mass is 290 g/mol. The Balaban J connectivity index is 2.15. The predicted octanol–water partition coefficient (Wildman–Crippen LogP) is 2.82. The maximum atomic E-state index is 4.33. The van der Waals surface area contributed by atoms with E-state index < -0.39 is 0 Å². The van der Waals surface area contributed by atoms with E-state index in [1.54, 1.807) is 18.1 Å². The molecule has 0 saturated carbocycles. The minimum atomic E-state index is 0.286. The van der Waals surface area contributed by atoms with E-state index in [1.807, 2.05) is 11.7 Å². The van der Waals surface area contributed by atoms with Crippen molar-refractivity contribution in [3.05, 3.63) is 42.0 Å². The minimum absolute atomic E-state index is 0.286. The van der Waals surface area contributed by atoms with Crippen LogP contribution in [-0.2, 0) is 13.5 Å². The van der Waals surface area contributed by atoms with Crippen molar-refractivity contribution in [2.45, 2.75) is 30.7 Å². The molecule has 2 rings (SSSR count). The quantitative estimate of drug-likeness (QED) is 0.796. The summed E-state index contributed by atoms with van der Waals surface area (Å²) in [6.45, 7) is 3.19. The van der Waals surface area contributed by atoms with Crippen molar-refractivity contribution < 1.29 is 0 Å². The number of nitrogens with zero attached hydrogens (tertiary/aromatic N) is 3. The molecule has 0 amide bonds. The van der Waals surface area contributed by atoms with Crippen LogP contribution in [0.2, 0.25) is 0 Å². The number of thioether (sulfide) groups is 1. The molecule has 0 bridgehead atoms. The van der Waals surface area contributed by atoms with Crippen LogP contribution in [-0.4, -0.2) is 27.6 Å². The Bertz CT molecular complexity index is 521. The standard InChI is InChI=1S/C15H22N4S/c1-4-9-16-14(10-15-17-11-18-19(15)2)12-5-7-13(20-3)8-6-12/h5-8,11,14,16H,4,9-10H2,1-3H3. The molecule has 1 unspecified atom stereocenters. The van der Waals surface area contributed by atoms with Crippen molar-refractivity contribution in [1.82, 2.24) is 20.1 Å². The summed E-state index contributed by atoms with van der Waals surface area (Å²) in [7, 11) is 1.94. The van der Waals surface area contributed by atoms with Gasteiger partial charge in [0.2, 0.25) is 0 Å². The summed E-state index contributed by atoms with van der Waals surface area (Å²) in [5.74, 6) is 1.01. The Morgan fingerprint density at radius 2 is 2.05 bits per heavy atom. The molecule has 1 atom stereocenters. The maximum absolute atomic E-state index is 4.33. The fourth-order valence-corrected chi connectivity index (χ4v) is 2.56. The highest BCUT2D eigenvalue weighted by molar-refractivity contribution is 7.98. The number of aryl methyl sites for hydroxylation is 1. The summed E-state index contributed by atoms with van der Waals surface area (Å²) in [5, 5.41) is 7.75. The van der Waals surface area contributed by atoms with Crippen LogP contribution in [0.4, 0.5) is 0 Å². The van der Waals surface area contributed by atoms with E-state index in [-0.39, 0.29) is 6.04 Å². The summed E-state index contributed by atoms with van der Waals surface area (Å²) in [5.41, 5.74) is 1.30. The summed E-state index contributed by atoms with van der Waals surface area (Å²) in [6, 6.07) is 9.05. The first-order valence-corrected chi connectivity index (χ1v) is 8.17. The van der Waals surface area contributed by atoms with E-state index in [0.717, 1.165) is 25.2 Å². The van der Waals surface area contributed by atoms with Crippen molar-refractivity contribution in [3.63, 3.8) is 0 Å². The van der Waals surface area contributed by atoms with Crippen molar-refractivity contribution in [2.75, 3.05) is 12.8 Å². The predicted molar refractivity (Wildman–Crippen MR) is 84.0 cm³/mol. The Morgan fingerprint density at radius 3 is 2.60 bits per heavy atom. The van der Waals surface area contributed by atoms with E-state index in [4.69, 9.17) is 0 Å². The average Bonchev–Trinajstić information content (AvgIpc) is 2.89. The molecule has 0 saturated heterocycles. The molecule has 0 aliphatic carbocycles. The summed E-state index contributed by atoms with van der Waals surface area (Å²) >= 11 is 1.77. The first-order chi connectivity index (χ1) is 9.74. The van der Waals surface area contributed by atoms with Crippen LogP contribution in [0.15, 0.2) is 35.5 Å². The van der Waals surface area contributed by atoms with Crippen molar-refractivity contribution >= 4 is 11.8 Å². The number of hydrogen-bond donors (Lipinski definition) is 1. The molecule has 0 radical (unpaired) electrons. The Labute approximate surface area is 125 Å². The van der Waals surface area contributed by atoms with Crippen molar-refractivity contribution in [1.29, 1.82) is 0 Å². The fourth-order valence-electron chi connectivity index (χ4n) is 2.15. The molecule has 1 aromatic carbocycles. The van der Waals surface area contributed by atoms with E-state index in [2.05, 4.69) is 52.8 Å². The van der Waals surface area contributed by atoms with Crippen molar-refractivity contribution in [2.24, 2.45) is 7.05 Å². The molecule has 0 spiro atoms. The lowest BCUT2D eigenvalue weighted by atomic mass is 10.0. The average molecular weight is 290 g/mol. The van der Waals surface area contributed by atoms with Gasteiger partial charge in [-0.1, -0.05) is 19.1 Å². The van der Waals surface area contributed by atoms with Crippen LogP contribution in [0.25, 0.3) is 0 Å². The van der Waals surface area contributed by atoms with E-state index in [1.165, 1.54) is 10.5 Å². The number of hydrogen-bond acceptors (Lipinski definition) is 4. The van der Waals surface area contributed by atoms with Gasteiger partial charge in [-0.05, 0) is 36.9 Å². The van der Waals surface area contributed by atoms with Gasteiger partial charge >= 0.3 is 0 Å². The zero-order valence-electron chi connectivity index (χ0n) is 12.3. The molecule has 0 fully saturated rings. The Morgan fingerprint density at radius 1 is 1.30 bits per heavy atom. The normalized spacial score (nSPS) is 12.6. The Kier molecular flexibility index (Phi) is 5.61. The number of rotatable bonds is 7. The van der Waals surface area contributed by atoms with Gasteiger partial charge in [0, 0.05) is 24.4 Å². The second-order valence-electron chi connectivity index (χ2n) is 4.78. The lowest BCUT2D eigenvalue weighted by molar-refractivity contribution is 0.506. The van der Waals surface area contributed by atoms with Gasteiger partial charge < -0.3 is 5.32 Å². The second-order valence-corrected chi connectivity index (χ2v) is 5.66. The van der Waals surface area contributed by atoms with Gasteiger partial charge in [-0.25, -0.2) is 4.98 Å². The fraction of sp³-hybridized carbons (Fsp3) is 0.467. The van der Waals surface area contributed by atoms with E-state index >= 15 is 0 Å². The molecule has 5 heteroatoms. The second kappa shape index (κ2) is 7.45. The van der Waals surface area contributed by atoms with Gasteiger partial charge in [-0.15, -0.1) is 11.8 Å². The molecule has 2 aromatic rings. The number of aromatic nitrogens is 3. The molecule has 4 nitrogen and oxygen atoms in total. The van der Waals surface area contributed by atoms with Crippen LogP contribution in [0.3, 0.4) is 0 Å². The third kappa shape index (κ3) is 3.84. The molecular weight excluding hydrogens is 268 g/mol. The maximum Gasteiger partial charge on any atom is 0.138 e. The molecule has 0 aliphatic heterocycles. The zero-order chi connectivity index (χ0) is 14.4. The van der Waals surface area contributed by atoms with Crippen LogP contribution in [0.5, 0.6) is 0 Å². The first-order valence-electron chi connectivity index (χ1n) is 6.94. The lowest BCUT2D eigenvalue weighted by Crippen LogP contribution is -2.25. The highest BCUT2D eigenvalue weighted by Crippen LogP contribution is 2.21. The highest BCUT2D eigenvalue weighted by Gasteiger charge is 2.14. The van der Waals surface area contributed by atoms with Crippen molar-refractivity contribution in [3.8, 4) is 0 Å². The molecular formula is C15H22N4S. The molecule has 1 N–H and O–H groups in total. The summed E-state index contributed by atoms with van der Waals surface area (Å²) in [4.78, 5) is 5.62. The van der Waals surface area contributed by atoms with Gasteiger partial charge in [-0.2, -0.15) is 5.10 Å². The SMILES string of the molecule is CCCNC(Cc1ncnn1C)c1ccc(SC)cc1. The van der Waals surface area contributed by atoms with Gasteiger partial charge in [0.15, 0.2) is 0 Å². The van der Waals surface area contributed by atoms with Gasteiger partial charge in [0.05, 0.1) is 0 Å². The number of nitrogens with one attached hydrogen (secondary N) is 1. The van der Waals surface area contributed by atoms with E-state index in [9.17, 15) is 0 Å². The third-order valence-electron chi connectivity index (χ3n) is 3.35. The molecule has 1 heterocycles. The lowest BCUT2D eigenvalue weighted by Gasteiger charge is -2.18. The highest BCUT2D eigenvalue weighted by atomic mass is 32.2. The van der Waals surface area contributed by atoms with Crippen LogP contribution < -0.4 is 5.32 Å². The molecule has 0 aliphatic rings. The largest absolute Gasteiger partial charge is 0.310 e. The molecule has 108 valence electrons. The smallest absolute Gasteiger partial charge is 0.138 e. The minimum Gasteiger partial charge on any atom is -0.310 e. The van der Waals surface area contributed by atoms with Gasteiger partial charge in [-0.3, -0.25) is 4.68 Å². The Hall–Kier alpha value is -1.33. The zero-order valence-corrected chi connectivity index (χ0v) is 13.2. The van der Waals surface area contributed by atoms with Crippen LogP contribution in [0.1, 0.15) is 30.8 Å². The topological polar surface area (TPSA) is 42.7 Å². The van der Waals surface area contributed by atoms with E-state index in [0.29, 0.717) is 0 Å². The van der Waals surface area contributed by atoms with Gasteiger partial charge in [0.25, 0.3) is 0 Å². The molecule has 1 aromatic heterocycles. The first kappa shape index (κ1) is 15.1. The van der Waals surface area contributed by atoms with Gasteiger partial charge in [0.1, 0.15) is 12.2 Å². The summed E-state index contributed by atoms with van der Waals surface area (Å²) in [6.07, 6.45) is 5.69. The third-order valence-corrected chi connectivity index (χ3v) is 4.09. The van der Waals surface area contributed by atoms with Crippen LogP contribution >= 0.6 is 11.8 Å². The summed E-state index contributed by atoms with van der Waals surface area (Å²) < 4.78 is 1.84. The number of benzene rings is 1. The molecule has 20 heavy (non-hydrogen) atoms.